The van der Waals surface area contributed by atoms with Gasteiger partial charge in [0.2, 0.25) is 0 Å². The van der Waals surface area contributed by atoms with Crippen LogP contribution in [0.5, 0.6) is 0 Å². The van der Waals surface area contributed by atoms with E-state index in [1.807, 2.05) is 13.0 Å². The monoisotopic (exact) mass is 318 g/mol. The Balaban J connectivity index is 1.55. The van der Waals surface area contributed by atoms with Crippen LogP contribution >= 0.6 is 11.3 Å². The molecule has 1 aromatic carbocycles. The number of thiazole rings is 1. The molecule has 0 radical (unpaired) electrons. The normalized spacial score (nSPS) is 19.8. The minimum Gasteiger partial charge on any atom is -0.368 e. The highest BCUT2D eigenvalue weighted by Crippen LogP contribution is 2.25. The fourth-order valence-electron chi connectivity index (χ4n) is 2.45. The summed E-state index contributed by atoms with van der Waals surface area (Å²) < 4.78 is 18.7. The van der Waals surface area contributed by atoms with Gasteiger partial charge in [0.05, 0.1) is 6.61 Å². The molecule has 0 aliphatic carbocycles. The van der Waals surface area contributed by atoms with Gasteiger partial charge in [0.1, 0.15) is 16.9 Å². The van der Waals surface area contributed by atoms with Gasteiger partial charge in [-0.1, -0.05) is 24.3 Å². The van der Waals surface area contributed by atoms with Gasteiger partial charge in [-0.15, -0.1) is 11.3 Å². The topological polar surface area (TPSA) is 25.4 Å². The van der Waals surface area contributed by atoms with E-state index >= 15 is 0 Å². The largest absolute Gasteiger partial charge is 0.368 e. The van der Waals surface area contributed by atoms with Crippen LogP contribution in [0, 0.1) is 12.7 Å². The van der Waals surface area contributed by atoms with E-state index < -0.39 is 0 Å². The second-order valence-electron chi connectivity index (χ2n) is 5.40. The number of rotatable bonds is 4. The summed E-state index contributed by atoms with van der Waals surface area (Å²) >= 11 is 1.66. The van der Waals surface area contributed by atoms with Gasteiger partial charge in [-0.3, -0.25) is 4.90 Å². The standard InChI is InChI=1S/C17H19FN2OS/c1-13-12-22-17(19-13)16-11-20(9-10-21-16)8-2-3-14-4-6-15(18)7-5-14/h2-7,12,16H,8-11H2,1H3/b3-2+. The van der Waals surface area contributed by atoms with Crippen molar-refractivity contribution < 1.29 is 9.13 Å². The number of benzene rings is 1. The quantitative estimate of drug-likeness (QED) is 0.860. The molecule has 5 heteroatoms. The number of halogens is 1. The number of nitrogens with zero attached hydrogens (tertiary/aromatic N) is 2. The van der Waals surface area contributed by atoms with E-state index in [1.165, 1.54) is 12.1 Å². The Morgan fingerprint density at radius 3 is 2.95 bits per heavy atom. The first kappa shape index (κ1) is 15.3. The first-order chi connectivity index (χ1) is 10.7. The third-order valence-corrected chi connectivity index (χ3v) is 4.66. The molecule has 0 spiro atoms. The molecular formula is C17H19FN2OS. The van der Waals surface area contributed by atoms with Crippen LogP contribution in [-0.4, -0.2) is 36.1 Å². The van der Waals surface area contributed by atoms with Gasteiger partial charge in [0.15, 0.2) is 0 Å². The molecule has 0 bridgehead atoms. The van der Waals surface area contributed by atoms with Crippen molar-refractivity contribution in [2.75, 3.05) is 26.2 Å². The zero-order valence-corrected chi connectivity index (χ0v) is 13.4. The molecule has 1 aliphatic heterocycles. The van der Waals surface area contributed by atoms with E-state index in [-0.39, 0.29) is 11.9 Å². The highest BCUT2D eigenvalue weighted by molar-refractivity contribution is 7.09. The number of aryl methyl sites for hydroxylation is 1. The molecule has 1 aromatic heterocycles. The Bertz CT molecular complexity index is 638. The third-order valence-electron chi connectivity index (χ3n) is 3.61. The van der Waals surface area contributed by atoms with Gasteiger partial charge < -0.3 is 4.74 Å². The van der Waals surface area contributed by atoms with Crippen molar-refractivity contribution in [1.82, 2.24) is 9.88 Å². The predicted molar refractivity (Wildman–Crippen MR) is 87.4 cm³/mol. The van der Waals surface area contributed by atoms with E-state index in [9.17, 15) is 4.39 Å². The van der Waals surface area contributed by atoms with Crippen LogP contribution in [0.3, 0.4) is 0 Å². The van der Waals surface area contributed by atoms with E-state index in [2.05, 4.69) is 21.3 Å². The lowest BCUT2D eigenvalue weighted by atomic mass is 10.2. The average Bonchev–Trinajstić information content (AvgIpc) is 2.96. The molecule has 0 amide bonds. The molecule has 3 nitrogen and oxygen atoms in total. The fraction of sp³-hybridized carbons (Fsp3) is 0.353. The molecule has 1 unspecified atom stereocenters. The lowest BCUT2D eigenvalue weighted by Gasteiger charge is -2.31. The van der Waals surface area contributed by atoms with Crippen molar-refractivity contribution in [3.05, 3.63) is 57.8 Å². The maximum Gasteiger partial charge on any atom is 0.123 e. The molecule has 116 valence electrons. The smallest absolute Gasteiger partial charge is 0.123 e. The maximum absolute atomic E-state index is 12.9. The minimum absolute atomic E-state index is 0.0756. The van der Waals surface area contributed by atoms with E-state index in [1.54, 1.807) is 23.5 Å². The Labute approximate surface area is 134 Å². The maximum atomic E-state index is 12.9. The van der Waals surface area contributed by atoms with Crippen molar-refractivity contribution in [3.8, 4) is 0 Å². The predicted octanol–water partition coefficient (Wildman–Crippen LogP) is 3.68. The van der Waals surface area contributed by atoms with Gasteiger partial charge in [0, 0.05) is 30.7 Å². The van der Waals surface area contributed by atoms with Gasteiger partial charge in [-0.25, -0.2) is 9.37 Å². The van der Waals surface area contributed by atoms with Crippen LogP contribution in [0.15, 0.2) is 35.7 Å². The van der Waals surface area contributed by atoms with Crippen LogP contribution in [0.2, 0.25) is 0 Å². The third kappa shape index (κ3) is 4.00. The number of ether oxygens (including phenoxy) is 1. The molecule has 22 heavy (non-hydrogen) atoms. The van der Waals surface area contributed by atoms with Crippen molar-refractivity contribution in [2.45, 2.75) is 13.0 Å². The lowest BCUT2D eigenvalue weighted by Crippen LogP contribution is -2.38. The highest BCUT2D eigenvalue weighted by atomic mass is 32.1. The van der Waals surface area contributed by atoms with Gasteiger partial charge in [-0.2, -0.15) is 0 Å². The van der Waals surface area contributed by atoms with Gasteiger partial charge >= 0.3 is 0 Å². The summed E-state index contributed by atoms with van der Waals surface area (Å²) in [6, 6.07) is 6.53. The fourth-order valence-corrected chi connectivity index (χ4v) is 3.28. The molecule has 0 saturated carbocycles. The highest BCUT2D eigenvalue weighted by Gasteiger charge is 2.23. The van der Waals surface area contributed by atoms with Crippen LogP contribution in [0.4, 0.5) is 4.39 Å². The van der Waals surface area contributed by atoms with Crippen molar-refractivity contribution in [2.24, 2.45) is 0 Å². The Hall–Kier alpha value is -1.56. The van der Waals surface area contributed by atoms with E-state index in [0.717, 1.165) is 42.5 Å². The number of aromatic nitrogens is 1. The number of hydrogen-bond acceptors (Lipinski definition) is 4. The summed E-state index contributed by atoms with van der Waals surface area (Å²) in [5.74, 6) is -0.202. The zero-order valence-electron chi connectivity index (χ0n) is 12.5. The van der Waals surface area contributed by atoms with Crippen LogP contribution in [0.25, 0.3) is 6.08 Å². The summed E-state index contributed by atoms with van der Waals surface area (Å²) in [7, 11) is 0. The molecule has 1 atom stereocenters. The molecule has 2 heterocycles. The van der Waals surface area contributed by atoms with E-state index in [0.29, 0.717) is 0 Å². The summed E-state index contributed by atoms with van der Waals surface area (Å²) in [6.45, 7) is 5.39. The molecule has 1 fully saturated rings. The van der Waals surface area contributed by atoms with Crippen LogP contribution in [-0.2, 0) is 4.74 Å². The molecule has 1 aliphatic rings. The zero-order chi connectivity index (χ0) is 15.4. The van der Waals surface area contributed by atoms with Crippen molar-refractivity contribution >= 4 is 17.4 Å². The SMILES string of the molecule is Cc1csc(C2CN(C/C=C/c3ccc(F)cc3)CCO2)n1. The Kier molecular flexibility index (Phi) is 4.97. The Morgan fingerprint density at radius 2 is 2.23 bits per heavy atom. The molecular weight excluding hydrogens is 299 g/mol. The molecule has 2 aromatic rings. The summed E-state index contributed by atoms with van der Waals surface area (Å²) in [5.41, 5.74) is 2.07. The number of hydrogen-bond donors (Lipinski definition) is 0. The minimum atomic E-state index is -0.202. The van der Waals surface area contributed by atoms with E-state index in [4.69, 9.17) is 4.74 Å². The average molecular weight is 318 g/mol. The van der Waals surface area contributed by atoms with Gasteiger partial charge in [-0.05, 0) is 24.6 Å². The summed E-state index contributed by atoms with van der Waals surface area (Å²) in [4.78, 5) is 6.87. The first-order valence-corrected chi connectivity index (χ1v) is 8.27. The summed E-state index contributed by atoms with van der Waals surface area (Å²) in [6.07, 6.45) is 4.21. The van der Waals surface area contributed by atoms with Gasteiger partial charge in [0.25, 0.3) is 0 Å². The first-order valence-electron chi connectivity index (χ1n) is 7.39. The van der Waals surface area contributed by atoms with Crippen LogP contribution in [0.1, 0.15) is 22.4 Å². The van der Waals surface area contributed by atoms with Crippen LogP contribution < -0.4 is 0 Å². The second-order valence-corrected chi connectivity index (χ2v) is 6.29. The van der Waals surface area contributed by atoms with Crippen molar-refractivity contribution in [1.29, 1.82) is 0 Å². The second kappa shape index (κ2) is 7.13. The van der Waals surface area contributed by atoms with Crippen molar-refractivity contribution in [3.63, 3.8) is 0 Å². The molecule has 0 N–H and O–H groups in total. The Morgan fingerprint density at radius 1 is 1.41 bits per heavy atom. The lowest BCUT2D eigenvalue weighted by molar-refractivity contribution is -0.0261. The molecule has 3 rings (SSSR count). The summed E-state index contributed by atoms with van der Waals surface area (Å²) in [5, 5.41) is 3.12. The molecule has 1 saturated heterocycles. The number of morpholine rings is 1.